The van der Waals surface area contributed by atoms with Gasteiger partial charge in [-0.05, 0) is 60.9 Å². The third kappa shape index (κ3) is 4.98. The molecule has 160 valence electrons. The summed E-state index contributed by atoms with van der Waals surface area (Å²) in [6.45, 7) is 1.07. The van der Waals surface area contributed by atoms with Gasteiger partial charge in [-0.15, -0.1) is 0 Å². The predicted octanol–water partition coefficient (Wildman–Crippen LogP) is 2.64. The van der Waals surface area contributed by atoms with Crippen molar-refractivity contribution in [1.82, 2.24) is 9.73 Å². The van der Waals surface area contributed by atoms with Crippen molar-refractivity contribution in [1.29, 1.82) is 0 Å². The fourth-order valence-electron chi connectivity index (χ4n) is 3.20. The van der Waals surface area contributed by atoms with E-state index in [0.29, 0.717) is 30.2 Å². The van der Waals surface area contributed by atoms with Gasteiger partial charge < -0.3 is 9.47 Å². The van der Waals surface area contributed by atoms with Gasteiger partial charge in [-0.25, -0.2) is 13.8 Å². The average molecular weight is 432 g/mol. The molecule has 0 aliphatic carbocycles. The van der Waals surface area contributed by atoms with Gasteiger partial charge in [0.2, 0.25) is 10.0 Å². The number of amides is 1. The summed E-state index contributed by atoms with van der Waals surface area (Å²) >= 11 is 0. The molecular weight excluding hydrogens is 406 g/mol. The van der Waals surface area contributed by atoms with E-state index in [1.165, 1.54) is 41.9 Å². The summed E-state index contributed by atoms with van der Waals surface area (Å²) in [5, 5.41) is 3.95. The van der Waals surface area contributed by atoms with Crippen LogP contribution in [0, 0.1) is 0 Å². The topological polar surface area (TPSA) is 97.3 Å². The lowest BCUT2D eigenvalue weighted by Crippen LogP contribution is -2.35. The minimum absolute atomic E-state index is 0.190. The molecule has 2 aromatic carbocycles. The number of benzene rings is 2. The number of sulfonamides is 1. The first-order chi connectivity index (χ1) is 14.5. The maximum atomic E-state index is 12.7. The molecule has 2 aromatic rings. The summed E-state index contributed by atoms with van der Waals surface area (Å²) in [4.78, 5) is 12.5. The molecule has 9 heteroatoms. The fourth-order valence-corrected chi connectivity index (χ4v) is 4.71. The number of ether oxygens (including phenoxy) is 2. The van der Waals surface area contributed by atoms with E-state index in [2.05, 4.69) is 10.5 Å². The fraction of sp³-hybridized carbons (Fsp3) is 0.333. The molecule has 1 N–H and O–H groups in total. The molecular formula is C21H25N3O5S. The molecule has 1 heterocycles. The second-order valence-corrected chi connectivity index (χ2v) is 8.74. The maximum absolute atomic E-state index is 12.7. The van der Waals surface area contributed by atoms with Crippen molar-refractivity contribution in [3.8, 4) is 11.5 Å². The van der Waals surface area contributed by atoms with Crippen molar-refractivity contribution in [3.63, 3.8) is 0 Å². The standard InChI is InChI=1S/C21H25N3O5S/c1-28-19-11-6-16(14-20(19)29-2)15-22-23-21(25)17-7-9-18(10-8-17)30(26,27)24-12-4-3-5-13-24/h6-11,14-15H,3-5,12-13H2,1-2H3,(H,23,25)/b22-15+. The van der Waals surface area contributed by atoms with Crippen molar-refractivity contribution in [2.24, 2.45) is 5.10 Å². The van der Waals surface area contributed by atoms with E-state index in [-0.39, 0.29) is 4.90 Å². The smallest absolute Gasteiger partial charge is 0.271 e. The molecule has 0 saturated carbocycles. The minimum Gasteiger partial charge on any atom is -0.493 e. The average Bonchev–Trinajstić information content (AvgIpc) is 2.79. The molecule has 1 saturated heterocycles. The van der Waals surface area contributed by atoms with E-state index in [9.17, 15) is 13.2 Å². The number of methoxy groups -OCH3 is 2. The van der Waals surface area contributed by atoms with E-state index in [0.717, 1.165) is 24.8 Å². The molecule has 0 aromatic heterocycles. The highest BCUT2D eigenvalue weighted by Gasteiger charge is 2.25. The Labute approximate surface area is 176 Å². The Morgan fingerprint density at radius 2 is 1.67 bits per heavy atom. The summed E-state index contributed by atoms with van der Waals surface area (Å²) < 4.78 is 37.3. The van der Waals surface area contributed by atoms with Crippen LogP contribution < -0.4 is 14.9 Å². The molecule has 30 heavy (non-hydrogen) atoms. The van der Waals surface area contributed by atoms with Crippen LogP contribution in [0.25, 0.3) is 0 Å². The number of piperidine rings is 1. The van der Waals surface area contributed by atoms with Crippen LogP contribution in [-0.2, 0) is 10.0 Å². The van der Waals surface area contributed by atoms with E-state index >= 15 is 0 Å². The van der Waals surface area contributed by atoms with Crippen LogP contribution in [-0.4, -0.2) is 52.2 Å². The number of hydrazone groups is 1. The summed E-state index contributed by atoms with van der Waals surface area (Å²) in [5.74, 6) is 0.713. The van der Waals surface area contributed by atoms with E-state index in [4.69, 9.17) is 9.47 Å². The monoisotopic (exact) mass is 431 g/mol. The number of carbonyl (C=O) groups excluding carboxylic acids is 1. The quantitative estimate of drug-likeness (QED) is 0.537. The summed E-state index contributed by atoms with van der Waals surface area (Å²) in [6, 6.07) is 11.1. The van der Waals surface area contributed by atoms with Crippen molar-refractivity contribution in [2.75, 3.05) is 27.3 Å². The number of nitrogens with zero attached hydrogens (tertiary/aromatic N) is 2. The van der Waals surface area contributed by atoms with Gasteiger partial charge in [0.25, 0.3) is 5.91 Å². The Hall–Kier alpha value is -2.91. The minimum atomic E-state index is -3.52. The van der Waals surface area contributed by atoms with Gasteiger partial charge >= 0.3 is 0 Å². The van der Waals surface area contributed by atoms with Crippen LogP contribution in [0.5, 0.6) is 11.5 Å². The highest BCUT2D eigenvalue weighted by molar-refractivity contribution is 7.89. The molecule has 0 radical (unpaired) electrons. The summed E-state index contributed by atoms with van der Waals surface area (Å²) in [6.07, 6.45) is 4.28. The first kappa shape index (κ1) is 21.8. The molecule has 0 spiro atoms. The number of nitrogens with one attached hydrogen (secondary N) is 1. The maximum Gasteiger partial charge on any atom is 0.271 e. The van der Waals surface area contributed by atoms with Crippen molar-refractivity contribution in [3.05, 3.63) is 53.6 Å². The largest absolute Gasteiger partial charge is 0.493 e. The van der Waals surface area contributed by atoms with Gasteiger partial charge in [-0.1, -0.05) is 6.42 Å². The Balaban J connectivity index is 1.64. The van der Waals surface area contributed by atoms with E-state index in [1.807, 2.05) is 0 Å². The molecule has 1 aliphatic heterocycles. The highest BCUT2D eigenvalue weighted by atomic mass is 32.2. The predicted molar refractivity (Wildman–Crippen MR) is 114 cm³/mol. The SMILES string of the molecule is COc1ccc(/C=N/NC(=O)c2ccc(S(=O)(=O)N3CCCCC3)cc2)cc1OC. The van der Waals surface area contributed by atoms with Crippen molar-refractivity contribution < 1.29 is 22.7 Å². The number of hydrogen-bond acceptors (Lipinski definition) is 6. The molecule has 0 atom stereocenters. The molecule has 1 amide bonds. The van der Waals surface area contributed by atoms with E-state index in [1.54, 1.807) is 25.3 Å². The molecule has 3 rings (SSSR count). The van der Waals surface area contributed by atoms with Gasteiger partial charge in [0, 0.05) is 18.7 Å². The third-order valence-electron chi connectivity index (χ3n) is 4.86. The first-order valence-electron chi connectivity index (χ1n) is 9.61. The zero-order valence-electron chi connectivity index (χ0n) is 17.0. The second-order valence-electron chi connectivity index (χ2n) is 6.80. The zero-order chi connectivity index (χ0) is 21.6. The lowest BCUT2D eigenvalue weighted by atomic mass is 10.2. The van der Waals surface area contributed by atoms with Crippen LogP contribution in [0.1, 0.15) is 35.2 Å². The van der Waals surface area contributed by atoms with Crippen LogP contribution in [0.3, 0.4) is 0 Å². The number of rotatable bonds is 7. The summed E-state index contributed by atoms with van der Waals surface area (Å²) in [7, 11) is -0.432. The Bertz CT molecular complexity index is 1010. The molecule has 0 unspecified atom stereocenters. The van der Waals surface area contributed by atoms with Crippen molar-refractivity contribution in [2.45, 2.75) is 24.2 Å². The molecule has 0 bridgehead atoms. The normalized spacial score (nSPS) is 15.1. The summed E-state index contributed by atoms with van der Waals surface area (Å²) in [5.41, 5.74) is 3.47. The van der Waals surface area contributed by atoms with Gasteiger partial charge in [0.1, 0.15) is 0 Å². The highest BCUT2D eigenvalue weighted by Crippen LogP contribution is 2.26. The lowest BCUT2D eigenvalue weighted by molar-refractivity contribution is 0.0955. The molecule has 1 fully saturated rings. The van der Waals surface area contributed by atoms with Gasteiger partial charge in [-0.2, -0.15) is 9.41 Å². The molecule has 8 nitrogen and oxygen atoms in total. The second kappa shape index (κ2) is 9.73. The van der Waals surface area contributed by atoms with Crippen molar-refractivity contribution >= 4 is 22.1 Å². The van der Waals surface area contributed by atoms with Crippen LogP contribution in [0.4, 0.5) is 0 Å². The van der Waals surface area contributed by atoms with Gasteiger partial charge in [-0.3, -0.25) is 4.79 Å². The lowest BCUT2D eigenvalue weighted by Gasteiger charge is -2.25. The Morgan fingerprint density at radius 1 is 1.00 bits per heavy atom. The third-order valence-corrected chi connectivity index (χ3v) is 6.77. The van der Waals surface area contributed by atoms with Crippen LogP contribution in [0.15, 0.2) is 52.5 Å². The number of hydrogen-bond donors (Lipinski definition) is 1. The van der Waals surface area contributed by atoms with Gasteiger partial charge in [0.15, 0.2) is 11.5 Å². The molecule has 1 aliphatic rings. The van der Waals surface area contributed by atoms with Gasteiger partial charge in [0.05, 0.1) is 25.3 Å². The van der Waals surface area contributed by atoms with Crippen LogP contribution >= 0.6 is 0 Å². The van der Waals surface area contributed by atoms with Crippen LogP contribution in [0.2, 0.25) is 0 Å². The van der Waals surface area contributed by atoms with E-state index < -0.39 is 15.9 Å². The Kier molecular flexibility index (Phi) is 7.07. The zero-order valence-corrected chi connectivity index (χ0v) is 17.8. The number of carbonyl (C=O) groups is 1. The Morgan fingerprint density at radius 3 is 2.30 bits per heavy atom. The first-order valence-corrected chi connectivity index (χ1v) is 11.1.